The van der Waals surface area contributed by atoms with E-state index in [0.29, 0.717) is 11.8 Å². The van der Waals surface area contributed by atoms with E-state index < -0.39 is 6.10 Å². The summed E-state index contributed by atoms with van der Waals surface area (Å²) in [5.41, 5.74) is 0.791. The van der Waals surface area contributed by atoms with E-state index in [1.165, 1.54) is 0 Å². The van der Waals surface area contributed by atoms with E-state index in [0.717, 1.165) is 24.9 Å². The molecule has 0 aliphatic heterocycles. The highest BCUT2D eigenvalue weighted by atomic mass is 16.5. The molecule has 1 aromatic carbocycles. The van der Waals surface area contributed by atoms with Gasteiger partial charge >= 0.3 is 0 Å². The van der Waals surface area contributed by atoms with Crippen LogP contribution in [0.3, 0.4) is 0 Å². The SMILES string of the molecule is CCN(C(=O)COc1cccc(C(C)O)c1)C1CC1. The van der Waals surface area contributed by atoms with Crippen LogP contribution >= 0.6 is 0 Å². The summed E-state index contributed by atoms with van der Waals surface area (Å²) < 4.78 is 5.52. The molecular weight excluding hydrogens is 242 g/mol. The number of rotatable bonds is 6. The molecule has 0 spiro atoms. The van der Waals surface area contributed by atoms with Gasteiger partial charge in [-0.15, -0.1) is 0 Å². The molecule has 0 saturated heterocycles. The number of carbonyl (C=O) groups is 1. The van der Waals surface area contributed by atoms with Gasteiger partial charge in [0.2, 0.25) is 0 Å². The smallest absolute Gasteiger partial charge is 0.260 e. The molecule has 4 heteroatoms. The Morgan fingerprint density at radius 3 is 2.84 bits per heavy atom. The lowest BCUT2D eigenvalue weighted by molar-refractivity contribution is -0.133. The standard InChI is InChI=1S/C15H21NO3/c1-3-16(13-7-8-13)15(18)10-19-14-6-4-5-12(9-14)11(2)17/h4-6,9,11,13,17H,3,7-8,10H2,1-2H3. The summed E-state index contributed by atoms with van der Waals surface area (Å²) in [6, 6.07) is 7.64. The quantitative estimate of drug-likeness (QED) is 0.855. The van der Waals surface area contributed by atoms with Crippen LogP contribution in [0.2, 0.25) is 0 Å². The third-order valence-corrected chi connectivity index (χ3v) is 3.35. The molecule has 1 saturated carbocycles. The number of hydrogen-bond donors (Lipinski definition) is 1. The molecule has 1 amide bonds. The molecule has 1 fully saturated rings. The summed E-state index contributed by atoms with van der Waals surface area (Å²) in [4.78, 5) is 13.9. The predicted molar refractivity (Wildman–Crippen MR) is 73.0 cm³/mol. The van der Waals surface area contributed by atoms with Crippen LogP contribution < -0.4 is 4.74 Å². The largest absolute Gasteiger partial charge is 0.484 e. The molecule has 2 rings (SSSR count). The van der Waals surface area contributed by atoms with Gasteiger partial charge in [0.25, 0.3) is 5.91 Å². The summed E-state index contributed by atoms with van der Waals surface area (Å²) in [5, 5.41) is 9.50. The van der Waals surface area contributed by atoms with Crippen molar-refractivity contribution in [2.45, 2.75) is 38.8 Å². The van der Waals surface area contributed by atoms with Crippen LogP contribution in [0, 0.1) is 0 Å². The number of ether oxygens (including phenoxy) is 1. The molecular formula is C15H21NO3. The van der Waals surface area contributed by atoms with E-state index in [4.69, 9.17) is 4.74 Å². The van der Waals surface area contributed by atoms with Gasteiger partial charge in [-0.25, -0.2) is 0 Å². The second-order valence-electron chi connectivity index (χ2n) is 4.95. The molecule has 19 heavy (non-hydrogen) atoms. The lowest BCUT2D eigenvalue weighted by atomic mass is 10.1. The van der Waals surface area contributed by atoms with E-state index in [9.17, 15) is 9.90 Å². The van der Waals surface area contributed by atoms with Crippen molar-refractivity contribution in [1.29, 1.82) is 0 Å². The molecule has 4 nitrogen and oxygen atoms in total. The van der Waals surface area contributed by atoms with Crippen LogP contribution in [-0.2, 0) is 4.79 Å². The summed E-state index contributed by atoms with van der Waals surface area (Å²) in [5.74, 6) is 0.658. The highest BCUT2D eigenvalue weighted by Crippen LogP contribution is 2.26. The molecule has 0 aromatic heterocycles. The Morgan fingerprint density at radius 1 is 1.53 bits per heavy atom. The van der Waals surface area contributed by atoms with Crippen molar-refractivity contribution in [3.8, 4) is 5.75 Å². The Bertz CT molecular complexity index is 441. The van der Waals surface area contributed by atoms with Crippen LogP contribution in [-0.4, -0.2) is 35.1 Å². The first kappa shape index (κ1) is 13.9. The number of aliphatic hydroxyl groups is 1. The van der Waals surface area contributed by atoms with Gasteiger partial charge in [-0.2, -0.15) is 0 Å². The first-order valence-electron chi connectivity index (χ1n) is 6.82. The number of benzene rings is 1. The molecule has 1 N–H and O–H groups in total. The number of amides is 1. The maximum Gasteiger partial charge on any atom is 0.260 e. The maximum absolute atomic E-state index is 12.0. The molecule has 0 radical (unpaired) electrons. The summed E-state index contributed by atoms with van der Waals surface area (Å²) in [7, 11) is 0. The van der Waals surface area contributed by atoms with Gasteiger partial charge < -0.3 is 14.7 Å². The molecule has 1 aliphatic carbocycles. The Kier molecular flexibility index (Phi) is 4.43. The zero-order valence-electron chi connectivity index (χ0n) is 11.5. The fourth-order valence-corrected chi connectivity index (χ4v) is 2.12. The molecule has 1 aromatic rings. The van der Waals surface area contributed by atoms with Crippen molar-refractivity contribution in [2.75, 3.05) is 13.2 Å². The Morgan fingerprint density at radius 2 is 2.26 bits per heavy atom. The molecule has 0 heterocycles. The molecule has 1 atom stereocenters. The Hall–Kier alpha value is -1.55. The second-order valence-corrected chi connectivity index (χ2v) is 4.95. The summed E-state index contributed by atoms with van der Waals surface area (Å²) >= 11 is 0. The molecule has 1 aliphatic rings. The van der Waals surface area contributed by atoms with E-state index in [-0.39, 0.29) is 12.5 Å². The van der Waals surface area contributed by atoms with Gasteiger partial charge in [-0.1, -0.05) is 12.1 Å². The zero-order valence-corrected chi connectivity index (χ0v) is 11.5. The summed E-state index contributed by atoms with van der Waals surface area (Å²) in [6.45, 7) is 4.49. The van der Waals surface area contributed by atoms with Gasteiger partial charge in [0, 0.05) is 12.6 Å². The monoisotopic (exact) mass is 263 g/mol. The van der Waals surface area contributed by atoms with Crippen LogP contribution in [0.1, 0.15) is 38.4 Å². The molecule has 104 valence electrons. The number of carbonyl (C=O) groups excluding carboxylic acids is 1. The normalized spacial score (nSPS) is 15.9. The number of likely N-dealkylation sites (N-methyl/N-ethyl adjacent to an activating group) is 1. The van der Waals surface area contributed by atoms with Gasteiger partial charge in [-0.3, -0.25) is 4.79 Å². The van der Waals surface area contributed by atoms with E-state index in [1.807, 2.05) is 24.0 Å². The van der Waals surface area contributed by atoms with Gasteiger partial charge in [0.15, 0.2) is 6.61 Å². The second kappa shape index (κ2) is 6.06. The first-order valence-corrected chi connectivity index (χ1v) is 6.82. The fraction of sp³-hybridized carbons (Fsp3) is 0.533. The van der Waals surface area contributed by atoms with Crippen molar-refractivity contribution in [2.24, 2.45) is 0 Å². The fourth-order valence-electron chi connectivity index (χ4n) is 2.12. The topological polar surface area (TPSA) is 49.8 Å². The Balaban J connectivity index is 1.90. The van der Waals surface area contributed by atoms with E-state index >= 15 is 0 Å². The third-order valence-electron chi connectivity index (χ3n) is 3.35. The van der Waals surface area contributed by atoms with Crippen LogP contribution in [0.15, 0.2) is 24.3 Å². The average molecular weight is 263 g/mol. The third kappa shape index (κ3) is 3.70. The minimum absolute atomic E-state index is 0.0347. The number of aliphatic hydroxyl groups excluding tert-OH is 1. The van der Waals surface area contributed by atoms with Crippen LogP contribution in [0.25, 0.3) is 0 Å². The van der Waals surface area contributed by atoms with Crippen molar-refractivity contribution in [3.63, 3.8) is 0 Å². The number of hydrogen-bond acceptors (Lipinski definition) is 3. The highest BCUT2D eigenvalue weighted by Gasteiger charge is 2.31. The number of nitrogens with zero attached hydrogens (tertiary/aromatic N) is 1. The van der Waals surface area contributed by atoms with Gasteiger partial charge in [0.05, 0.1) is 6.10 Å². The lowest BCUT2D eigenvalue weighted by Gasteiger charge is -2.20. The molecule has 1 unspecified atom stereocenters. The summed E-state index contributed by atoms with van der Waals surface area (Å²) in [6.07, 6.45) is 1.69. The van der Waals surface area contributed by atoms with Crippen molar-refractivity contribution < 1.29 is 14.6 Å². The van der Waals surface area contributed by atoms with Crippen molar-refractivity contribution in [1.82, 2.24) is 4.90 Å². The first-order chi connectivity index (χ1) is 9.11. The van der Waals surface area contributed by atoms with Crippen LogP contribution in [0.4, 0.5) is 0 Å². The Labute approximate surface area is 114 Å². The van der Waals surface area contributed by atoms with E-state index in [1.54, 1.807) is 19.1 Å². The minimum atomic E-state index is -0.530. The van der Waals surface area contributed by atoms with Crippen molar-refractivity contribution in [3.05, 3.63) is 29.8 Å². The lowest BCUT2D eigenvalue weighted by Crippen LogP contribution is -2.36. The minimum Gasteiger partial charge on any atom is -0.484 e. The van der Waals surface area contributed by atoms with Gasteiger partial charge in [-0.05, 0) is 44.4 Å². The van der Waals surface area contributed by atoms with Crippen LogP contribution in [0.5, 0.6) is 5.75 Å². The highest BCUT2D eigenvalue weighted by molar-refractivity contribution is 5.78. The average Bonchev–Trinajstić information content (AvgIpc) is 3.22. The predicted octanol–water partition coefficient (Wildman–Crippen LogP) is 2.13. The maximum atomic E-state index is 12.0. The van der Waals surface area contributed by atoms with E-state index in [2.05, 4.69) is 0 Å². The zero-order chi connectivity index (χ0) is 13.8. The van der Waals surface area contributed by atoms with Crippen molar-refractivity contribution >= 4 is 5.91 Å². The van der Waals surface area contributed by atoms with Gasteiger partial charge in [0.1, 0.15) is 5.75 Å². The molecule has 0 bridgehead atoms.